The van der Waals surface area contributed by atoms with Crippen molar-refractivity contribution in [1.82, 2.24) is 20.3 Å². The Morgan fingerprint density at radius 2 is 2.11 bits per heavy atom. The van der Waals surface area contributed by atoms with E-state index in [1.165, 1.54) is 0 Å². The van der Waals surface area contributed by atoms with Crippen molar-refractivity contribution < 1.29 is 22.7 Å². The maximum absolute atomic E-state index is 13.1. The molecular formula is C16H17BrF3N5O3. The Balaban J connectivity index is 2.12. The quantitative estimate of drug-likeness (QED) is 0.670. The van der Waals surface area contributed by atoms with Crippen LogP contribution in [0.5, 0.6) is 5.88 Å². The van der Waals surface area contributed by atoms with Gasteiger partial charge in [0.15, 0.2) is 15.8 Å². The molecule has 12 heteroatoms. The first-order valence-electron chi connectivity index (χ1n) is 8.52. The Labute approximate surface area is 165 Å². The van der Waals surface area contributed by atoms with Gasteiger partial charge in [0.05, 0.1) is 0 Å². The molecule has 0 spiro atoms. The highest BCUT2D eigenvalue weighted by Crippen LogP contribution is 2.27. The summed E-state index contributed by atoms with van der Waals surface area (Å²) in [6.45, 7) is 5.87. The van der Waals surface area contributed by atoms with E-state index >= 15 is 0 Å². The van der Waals surface area contributed by atoms with Gasteiger partial charge in [0.1, 0.15) is 5.69 Å². The second-order valence-electron chi connectivity index (χ2n) is 6.29. The molecule has 2 aromatic rings. The molecule has 0 aliphatic carbocycles. The molecule has 0 saturated carbocycles. The van der Waals surface area contributed by atoms with Crippen molar-refractivity contribution in [3.05, 3.63) is 20.5 Å². The molecule has 3 rings (SSSR count). The van der Waals surface area contributed by atoms with Gasteiger partial charge < -0.3 is 19.9 Å². The summed E-state index contributed by atoms with van der Waals surface area (Å²) in [5.74, 6) is -3.10. The molecule has 1 atom stereocenters. The molecule has 3 heterocycles. The summed E-state index contributed by atoms with van der Waals surface area (Å²) in [4.78, 5) is 37.0. The van der Waals surface area contributed by atoms with Crippen molar-refractivity contribution in [1.29, 1.82) is 0 Å². The highest BCUT2D eigenvalue weighted by atomic mass is 79.9. The zero-order valence-corrected chi connectivity index (χ0v) is 16.6. The smallest absolute Gasteiger partial charge is 0.398 e. The highest BCUT2D eigenvalue weighted by molar-refractivity contribution is 9.10. The predicted octanol–water partition coefficient (Wildman–Crippen LogP) is 1.91. The van der Waals surface area contributed by atoms with E-state index in [2.05, 4.69) is 40.9 Å². The lowest BCUT2D eigenvalue weighted by molar-refractivity contribution is -0.190. The van der Waals surface area contributed by atoms with Crippen LogP contribution in [0.4, 0.5) is 18.9 Å². The number of H-pyrrole nitrogens is 1. The fourth-order valence-corrected chi connectivity index (χ4v) is 3.39. The van der Waals surface area contributed by atoms with Gasteiger partial charge in [-0.25, -0.2) is 9.78 Å². The minimum atomic E-state index is -5.18. The summed E-state index contributed by atoms with van der Waals surface area (Å²) in [5, 5.41) is 3.25. The Morgan fingerprint density at radius 3 is 2.71 bits per heavy atom. The van der Waals surface area contributed by atoms with E-state index in [4.69, 9.17) is 0 Å². The normalized spacial score (nSPS) is 17.8. The molecule has 1 aliphatic rings. The van der Waals surface area contributed by atoms with Crippen molar-refractivity contribution in [2.24, 2.45) is 0 Å². The van der Waals surface area contributed by atoms with Crippen LogP contribution in [0.3, 0.4) is 0 Å². The second kappa shape index (κ2) is 7.66. The number of anilines is 1. The van der Waals surface area contributed by atoms with Crippen LogP contribution in [0.15, 0.2) is 9.40 Å². The molecule has 2 aromatic heterocycles. The number of hydrogen-bond donors (Lipinski definition) is 2. The topological polar surface area (TPSA) is 100 Å². The van der Waals surface area contributed by atoms with Crippen molar-refractivity contribution >= 4 is 38.8 Å². The molecule has 28 heavy (non-hydrogen) atoms. The van der Waals surface area contributed by atoms with Crippen molar-refractivity contribution in [2.45, 2.75) is 32.5 Å². The third-order valence-electron chi connectivity index (χ3n) is 4.37. The van der Waals surface area contributed by atoms with Crippen LogP contribution >= 0.6 is 15.9 Å². The lowest BCUT2D eigenvalue weighted by Gasteiger charge is -2.36. The number of fused-ring (bicyclic) bond motifs is 1. The number of halogens is 4. The minimum Gasteiger partial charge on any atom is -0.398 e. The monoisotopic (exact) mass is 463 g/mol. The van der Waals surface area contributed by atoms with Crippen LogP contribution in [0.2, 0.25) is 0 Å². The Kier molecular flexibility index (Phi) is 5.62. The Bertz CT molecular complexity index is 979. The molecule has 1 fully saturated rings. The average molecular weight is 464 g/mol. The van der Waals surface area contributed by atoms with Gasteiger partial charge >= 0.3 is 12.1 Å². The number of aromatic nitrogens is 3. The average Bonchev–Trinajstić information content (AvgIpc) is 2.63. The zero-order valence-electron chi connectivity index (χ0n) is 15.0. The Morgan fingerprint density at radius 1 is 1.39 bits per heavy atom. The number of piperazine rings is 1. The number of alkyl halides is 3. The van der Waals surface area contributed by atoms with E-state index in [-0.39, 0.29) is 27.2 Å². The molecule has 1 saturated heterocycles. The van der Waals surface area contributed by atoms with E-state index in [0.717, 1.165) is 0 Å². The number of ether oxygens (including phenoxy) is 1. The van der Waals surface area contributed by atoms with E-state index in [1.54, 1.807) is 0 Å². The standard InChI is InChI=1S/C16H17BrF3N5O3/c1-3-8-10(25-5-4-21-6-7(25)2)11(26)9-13(22-8)24-14(12(17)23-9)28-15(27)16(18,19)20/h7,21H,3-6H2,1-2H3,(H,22,24,26). The number of nitrogens with zero attached hydrogens (tertiary/aromatic N) is 3. The number of carbonyl (C=O) groups is 1. The SMILES string of the molecule is CCc1[nH]c2nc(OC(=O)C(F)(F)F)c(Br)nc2c(=O)c1N1CCNCC1C. The third kappa shape index (κ3) is 3.83. The summed E-state index contributed by atoms with van der Waals surface area (Å²) in [5.41, 5.74) is 0.542. The van der Waals surface area contributed by atoms with Crippen LogP contribution in [0, 0.1) is 0 Å². The summed E-state index contributed by atoms with van der Waals surface area (Å²) in [6, 6.07) is 0.0704. The van der Waals surface area contributed by atoms with Gasteiger partial charge in [-0.1, -0.05) is 6.92 Å². The molecule has 0 aromatic carbocycles. The first-order valence-corrected chi connectivity index (χ1v) is 9.31. The molecular weight excluding hydrogens is 447 g/mol. The molecule has 1 unspecified atom stereocenters. The van der Waals surface area contributed by atoms with Gasteiger partial charge in [0, 0.05) is 31.4 Å². The third-order valence-corrected chi connectivity index (χ3v) is 4.89. The van der Waals surface area contributed by atoms with E-state index in [9.17, 15) is 22.8 Å². The van der Waals surface area contributed by atoms with Gasteiger partial charge in [-0.3, -0.25) is 4.79 Å². The number of aromatic amines is 1. The van der Waals surface area contributed by atoms with Gasteiger partial charge in [-0.2, -0.15) is 18.2 Å². The van der Waals surface area contributed by atoms with Crippen LogP contribution in [-0.4, -0.2) is 52.8 Å². The fraction of sp³-hybridized carbons (Fsp3) is 0.500. The van der Waals surface area contributed by atoms with Crippen LogP contribution in [0.25, 0.3) is 11.2 Å². The van der Waals surface area contributed by atoms with Crippen LogP contribution in [0.1, 0.15) is 19.5 Å². The van der Waals surface area contributed by atoms with Gasteiger partial charge in [-0.05, 0) is 29.3 Å². The second-order valence-corrected chi connectivity index (χ2v) is 7.04. The summed E-state index contributed by atoms with van der Waals surface area (Å²) < 4.78 is 41.4. The van der Waals surface area contributed by atoms with Gasteiger partial charge in [0.25, 0.3) is 5.88 Å². The van der Waals surface area contributed by atoms with E-state index < -0.39 is 18.0 Å². The van der Waals surface area contributed by atoms with Crippen LogP contribution < -0.4 is 20.4 Å². The lowest BCUT2D eigenvalue weighted by atomic mass is 10.1. The fourth-order valence-electron chi connectivity index (χ4n) is 3.04. The molecule has 0 radical (unpaired) electrons. The maximum atomic E-state index is 13.1. The number of nitrogens with one attached hydrogen (secondary N) is 2. The molecule has 152 valence electrons. The van der Waals surface area contributed by atoms with Crippen molar-refractivity contribution in [3.8, 4) is 5.88 Å². The summed E-state index contributed by atoms with van der Waals surface area (Å²) in [6.07, 6.45) is -4.72. The molecule has 8 nitrogen and oxygen atoms in total. The summed E-state index contributed by atoms with van der Waals surface area (Å²) >= 11 is 2.92. The Hall–Kier alpha value is -2.21. The molecule has 0 amide bonds. The first kappa shape index (κ1) is 20.5. The molecule has 0 bridgehead atoms. The van der Waals surface area contributed by atoms with E-state index in [0.29, 0.717) is 37.4 Å². The number of pyridine rings is 1. The maximum Gasteiger partial charge on any atom is 0.491 e. The predicted molar refractivity (Wildman–Crippen MR) is 98.6 cm³/mol. The van der Waals surface area contributed by atoms with Gasteiger partial charge in [0.2, 0.25) is 5.43 Å². The van der Waals surface area contributed by atoms with E-state index in [1.807, 2.05) is 18.7 Å². The van der Waals surface area contributed by atoms with Gasteiger partial charge in [-0.15, -0.1) is 0 Å². The molecule has 1 aliphatic heterocycles. The van der Waals surface area contributed by atoms with Crippen LogP contribution in [-0.2, 0) is 11.2 Å². The summed E-state index contributed by atoms with van der Waals surface area (Å²) in [7, 11) is 0. The largest absolute Gasteiger partial charge is 0.491 e. The minimum absolute atomic E-state index is 0.0541. The number of aryl methyl sites for hydroxylation is 1. The van der Waals surface area contributed by atoms with Crippen molar-refractivity contribution in [3.63, 3.8) is 0 Å². The van der Waals surface area contributed by atoms with Crippen molar-refractivity contribution in [2.75, 3.05) is 24.5 Å². The number of carbonyl (C=O) groups excluding carboxylic acids is 1. The number of esters is 1. The lowest BCUT2D eigenvalue weighted by Crippen LogP contribution is -2.51. The zero-order chi connectivity index (χ0) is 20.6. The molecule has 2 N–H and O–H groups in total. The first-order chi connectivity index (χ1) is 13.1. The number of hydrogen-bond acceptors (Lipinski definition) is 7. The highest BCUT2D eigenvalue weighted by Gasteiger charge is 2.42. The number of rotatable bonds is 3.